The van der Waals surface area contributed by atoms with Gasteiger partial charge in [0.25, 0.3) is 0 Å². The van der Waals surface area contributed by atoms with Gasteiger partial charge < -0.3 is 14.7 Å². The summed E-state index contributed by atoms with van der Waals surface area (Å²) in [5.74, 6) is 0. The summed E-state index contributed by atoms with van der Waals surface area (Å²) >= 11 is 0. The van der Waals surface area contributed by atoms with Gasteiger partial charge in [-0.15, -0.1) is 0 Å². The zero-order valence-corrected chi connectivity index (χ0v) is 16.8. The maximum atomic E-state index is 13.2. The topological polar surface area (TPSA) is 49.8 Å². The molecule has 1 amide bonds. The van der Waals surface area contributed by atoms with Crippen molar-refractivity contribution in [2.75, 3.05) is 0 Å². The number of nitrogens with zero attached hydrogens (tertiary/aromatic N) is 1. The number of hydrogen-bond donors (Lipinski definition) is 1. The summed E-state index contributed by atoms with van der Waals surface area (Å²) in [6.45, 7) is 6.99. The third-order valence-electron chi connectivity index (χ3n) is 5.55. The van der Waals surface area contributed by atoms with E-state index in [2.05, 4.69) is 0 Å². The van der Waals surface area contributed by atoms with Crippen molar-refractivity contribution >= 4 is 6.09 Å². The van der Waals surface area contributed by atoms with Gasteiger partial charge in [-0.3, -0.25) is 0 Å². The van der Waals surface area contributed by atoms with Crippen molar-refractivity contribution in [2.24, 2.45) is 0 Å². The van der Waals surface area contributed by atoms with E-state index < -0.39 is 29.0 Å². The molecule has 1 aromatic carbocycles. The molecule has 2 atom stereocenters. The first kappa shape index (κ1) is 21.0. The molecule has 0 spiro atoms. The largest absolute Gasteiger partial charge is 0.444 e. The highest BCUT2D eigenvalue weighted by molar-refractivity contribution is 5.69. The Morgan fingerprint density at radius 3 is 2.21 bits per heavy atom. The first-order chi connectivity index (χ1) is 12.8. The SMILES string of the molecule is Cc1cc(C(F)(F)F)cc(C2(O)CC3CCCC(C2)N3C(=O)OC(C)(C)C)c1. The Bertz CT molecular complexity index is 740. The maximum Gasteiger partial charge on any atom is 0.416 e. The molecule has 0 radical (unpaired) electrons. The van der Waals surface area contributed by atoms with E-state index in [1.165, 1.54) is 0 Å². The average molecular weight is 399 g/mol. The predicted molar refractivity (Wildman–Crippen MR) is 98.8 cm³/mol. The van der Waals surface area contributed by atoms with E-state index in [1.807, 2.05) is 0 Å². The molecule has 2 aliphatic rings. The minimum absolute atomic E-state index is 0.212. The summed E-state index contributed by atoms with van der Waals surface area (Å²) in [6.07, 6.45) is -2.13. The van der Waals surface area contributed by atoms with Crippen LogP contribution in [0.4, 0.5) is 18.0 Å². The number of hydrogen-bond acceptors (Lipinski definition) is 3. The van der Waals surface area contributed by atoms with Crippen LogP contribution < -0.4 is 0 Å². The van der Waals surface area contributed by atoms with Crippen molar-refractivity contribution in [3.8, 4) is 0 Å². The minimum atomic E-state index is -4.47. The first-order valence-corrected chi connectivity index (χ1v) is 9.72. The van der Waals surface area contributed by atoms with Gasteiger partial charge in [-0.1, -0.05) is 11.6 Å². The highest BCUT2D eigenvalue weighted by Crippen LogP contribution is 2.46. The predicted octanol–water partition coefficient (Wildman–Crippen LogP) is 5.15. The van der Waals surface area contributed by atoms with Gasteiger partial charge in [-0.2, -0.15) is 13.2 Å². The van der Waals surface area contributed by atoms with Gasteiger partial charge in [0.05, 0.1) is 11.2 Å². The molecule has 4 nitrogen and oxygen atoms in total. The van der Waals surface area contributed by atoms with Gasteiger partial charge in [0.2, 0.25) is 0 Å². The van der Waals surface area contributed by atoms with Crippen LogP contribution >= 0.6 is 0 Å². The summed E-state index contributed by atoms with van der Waals surface area (Å²) in [5.41, 5.74) is -2.04. The molecule has 3 rings (SSSR count). The Kier molecular flexibility index (Phi) is 5.19. The van der Waals surface area contributed by atoms with Crippen molar-refractivity contribution in [3.63, 3.8) is 0 Å². The molecule has 1 N–H and O–H groups in total. The number of carbonyl (C=O) groups is 1. The van der Waals surface area contributed by atoms with E-state index in [9.17, 15) is 23.1 Å². The zero-order chi connectivity index (χ0) is 20.9. The molecular formula is C21H28F3NO3. The molecule has 2 saturated heterocycles. The van der Waals surface area contributed by atoms with Gasteiger partial charge in [0.1, 0.15) is 5.60 Å². The standard InChI is InChI=1S/C21H28F3NO3/c1-13-8-14(10-15(9-13)21(22,23)24)20(27)11-16-6-5-7-17(12-20)25(16)18(26)28-19(2,3)4/h8-10,16-17,27H,5-7,11-12H2,1-4H3. The van der Waals surface area contributed by atoms with E-state index >= 15 is 0 Å². The third-order valence-corrected chi connectivity index (χ3v) is 5.55. The Hall–Kier alpha value is -1.76. The van der Waals surface area contributed by atoms with Crippen molar-refractivity contribution in [2.45, 2.75) is 89.3 Å². The molecule has 28 heavy (non-hydrogen) atoms. The third kappa shape index (κ3) is 4.29. The first-order valence-electron chi connectivity index (χ1n) is 9.72. The molecule has 2 fully saturated rings. The second-order valence-corrected chi connectivity index (χ2v) is 9.15. The molecule has 2 unspecified atom stereocenters. The maximum absolute atomic E-state index is 13.2. The molecule has 0 saturated carbocycles. The van der Waals surface area contributed by atoms with Gasteiger partial charge in [0.15, 0.2) is 0 Å². The summed E-state index contributed by atoms with van der Waals surface area (Å²) in [7, 11) is 0. The lowest BCUT2D eigenvalue weighted by molar-refractivity contribution is -0.138. The summed E-state index contributed by atoms with van der Waals surface area (Å²) in [5, 5.41) is 11.3. The number of aliphatic hydroxyl groups is 1. The fourth-order valence-electron chi connectivity index (χ4n) is 4.49. The van der Waals surface area contributed by atoms with E-state index in [-0.39, 0.29) is 30.5 Å². The van der Waals surface area contributed by atoms with E-state index in [1.54, 1.807) is 38.7 Å². The number of ether oxygens (including phenoxy) is 1. The lowest BCUT2D eigenvalue weighted by Gasteiger charge is -2.52. The molecule has 0 aliphatic carbocycles. The number of piperidine rings is 2. The van der Waals surface area contributed by atoms with Crippen LogP contribution in [0.15, 0.2) is 18.2 Å². The lowest BCUT2D eigenvalue weighted by Crippen LogP contribution is -2.59. The van der Waals surface area contributed by atoms with Crippen LogP contribution in [-0.4, -0.2) is 33.8 Å². The number of halogens is 3. The fraction of sp³-hybridized carbons (Fsp3) is 0.667. The van der Waals surface area contributed by atoms with Crippen molar-refractivity contribution in [3.05, 3.63) is 34.9 Å². The smallest absolute Gasteiger partial charge is 0.416 e. The number of alkyl halides is 3. The molecule has 2 heterocycles. The number of rotatable bonds is 1. The molecular weight excluding hydrogens is 371 g/mol. The van der Waals surface area contributed by atoms with Crippen molar-refractivity contribution in [1.29, 1.82) is 0 Å². The van der Waals surface area contributed by atoms with Crippen LogP contribution in [0.1, 0.15) is 69.6 Å². The van der Waals surface area contributed by atoms with E-state index in [0.29, 0.717) is 18.4 Å². The molecule has 2 aliphatic heterocycles. The lowest BCUT2D eigenvalue weighted by atomic mass is 9.72. The second-order valence-electron chi connectivity index (χ2n) is 9.15. The van der Waals surface area contributed by atoms with E-state index in [4.69, 9.17) is 4.74 Å². The summed E-state index contributed by atoms with van der Waals surface area (Å²) in [4.78, 5) is 14.4. The van der Waals surface area contributed by atoms with Gasteiger partial charge in [0, 0.05) is 24.9 Å². The molecule has 156 valence electrons. The van der Waals surface area contributed by atoms with Crippen LogP contribution in [0.5, 0.6) is 0 Å². The van der Waals surface area contributed by atoms with Crippen molar-refractivity contribution in [1.82, 2.24) is 4.90 Å². The molecule has 0 aromatic heterocycles. The molecule has 1 aromatic rings. The number of aryl methyl sites for hydroxylation is 1. The van der Waals surface area contributed by atoms with E-state index in [0.717, 1.165) is 18.6 Å². The molecule has 7 heteroatoms. The number of carbonyl (C=O) groups excluding carboxylic acids is 1. The van der Waals surface area contributed by atoms with Crippen molar-refractivity contribution < 1.29 is 27.8 Å². The highest BCUT2D eigenvalue weighted by Gasteiger charge is 2.49. The Morgan fingerprint density at radius 1 is 1.14 bits per heavy atom. The summed E-state index contributed by atoms with van der Waals surface area (Å²) < 4.78 is 45.3. The molecule has 2 bridgehead atoms. The Morgan fingerprint density at radius 2 is 1.71 bits per heavy atom. The van der Waals surface area contributed by atoms with Crippen LogP contribution in [0, 0.1) is 6.92 Å². The van der Waals surface area contributed by atoms with Gasteiger partial charge in [-0.25, -0.2) is 4.79 Å². The summed E-state index contributed by atoms with van der Waals surface area (Å²) in [6, 6.07) is 3.26. The highest BCUT2D eigenvalue weighted by atomic mass is 19.4. The number of amides is 1. The normalized spacial score (nSPS) is 28.2. The second kappa shape index (κ2) is 6.94. The van der Waals surface area contributed by atoms with Gasteiger partial charge in [-0.05, 0) is 64.7 Å². The quantitative estimate of drug-likeness (QED) is 0.710. The monoisotopic (exact) mass is 399 g/mol. The Balaban J connectivity index is 1.91. The zero-order valence-electron chi connectivity index (χ0n) is 16.8. The van der Waals surface area contributed by atoms with Gasteiger partial charge >= 0.3 is 12.3 Å². The van der Waals surface area contributed by atoms with Crippen LogP contribution in [0.3, 0.4) is 0 Å². The average Bonchev–Trinajstić information content (AvgIpc) is 2.50. The van der Waals surface area contributed by atoms with Crippen LogP contribution in [0.2, 0.25) is 0 Å². The van der Waals surface area contributed by atoms with Crippen LogP contribution in [0.25, 0.3) is 0 Å². The minimum Gasteiger partial charge on any atom is -0.444 e. The Labute approximate surface area is 163 Å². The number of benzene rings is 1. The van der Waals surface area contributed by atoms with Crippen LogP contribution in [-0.2, 0) is 16.5 Å². The number of fused-ring (bicyclic) bond motifs is 2. The fourth-order valence-corrected chi connectivity index (χ4v) is 4.49.